The molecule has 28 heavy (non-hydrogen) atoms. The van der Waals surface area contributed by atoms with Crippen LogP contribution in [-0.2, 0) is 7.05 Å². The second-order valence-corrected chi connectivity index (χ2v) is 6.42. The van der Waals surface area contributed by atoms with Crippen LogP contribution in [0.15, 0.2) is 48.7 Å². The number of benzene rings is 2. The summed E-state index contributed by atoms with van der Waals surface area (Å²) < 4.78 is 13.0. The molecule has 1 aliphatic heterocycles. The normalized spacial score (nSPS) is 12.7. The lowest BCUT2D eigenvalue weighted by Crippen LogP contribution is -2.12. The van der Waals surface area contributed by atoms with E-state index < -0.39 is 0 Å². The first-order chi connectivity index (χ1) is 13.6. The molecule has 1 amide bonds. The number of anilines is 1. The molecule has 0 saturated carbocycles. The average Bonchev–Trinajstić information content (AvgIpc) is 2.95. The number of hydrogen-bond donors (Lipinski definition) is 1. The monoisotopic (exact) mass is 374 g/mol. The van der Waals surface area contributed by atoms with Crippen LogP contribution in [0.3, 0.4) is 0 Å². The van der Waals surface area contributed by atoms with E-state index in [4.69, 9.17) is 14.7 Å². The van der Waals surface area contributed by atoms with Gasteiger partial charge >= 0.3 is 0 Å². The number of aryl methyl sites for hydroxylation is 1. The topological polar surface area (TPSA) is 89.2 Å². The third-order valence-corrected chi connectivity index (χ3v) is 4.34. The zero-order chi connectivity index (χ0) is 19.5. The van der Waals surface area contributed by atoms with Gasteiger partial charge in [-0.15, -0.1) is 0 Å². The largest absolute Gasteiger partial charge is 0.490 e. The molecule has 0 fully saturated rings. The van der Waals surface area contributed by atoms with Crippen molar-refractivity contribution in [2.24, 2.45) is 7.05 Å². The molecule has 0 aliphatic carbocycles. The van der Waals surface area contributed by atoms with Gasteiger partial charge in [0.05, 0.1) is 30.4 Å². The third-order valence-electron chi connectivity index (χ3n) is 4.34. The SMILES string of the molecule is Cn1cc(C(=O)Nc2cccc(C#N)c2)c(-c2ccc3c(c2)OCCCO3)n1. The van der Waals surface area contributed by atoms with Crippen molar-refractivity contribution in [3.05, 3.63) is 59.8 Å². The molecule has 7 nitrogen and oxygen atoms in total. The fraction of sp³-hybridized carbons (Fsp3) is 0.190. The Kier molecular flexibility index (Phi) is 4.68. The Morgan fingerprint density at radius 3 is 2.82 bits per heavy atom. The summed E-state index contributed by atoms with van der Waals surface area (Å²) in [5, 5.41) is 16.3. The van der Waals surface area contributed by atoms with Crippen LogP contribution >= 0.6 is 0 Å². The van der Waals surface area contributed by atoms with Crippen molar-refractivity contribution in [1.82, 2.24) is 9.78 Å². The maximum absolute atomic E-state index is 12.9. The Bertz CT molecular complexity index is 1080. The van der Waals surface area contributed by atoms with Gasteiger partial charge in [0.2, 0.25) is 0 Å². The predicted octanol–water partition coefficient (Wildman–Crippen LogP) is 3.37. The average molecular weight is 374 g/mol. The Labute approximate surface area is 162 Å². The number of rotatable bonds is 3. The Hall–Kier alpha value is -3.79. The molecule has 0 radical (unpaired) electrons. The number of nitriles is 1. The molecular weight excluding hydrogens is 356 g/mol. The lowest BCUT2D eigenvalue weighted by molar-refractivity contribution is 0.102. The maximum atomic E-state index is 12.9. The van der Waals surface area contributed by atoms with E-state index in [1.807, 2.05) is 18.2 Å². The first kappa shape index (κ1) is 17.6. The van der Waals surface area contributed by atoms with Crippen LogP contribution in [0.2, 0.25) is 0 Å². The number of fused-ring (bicyclic) bond motifs is 1. The summed E-state index contributed by atoms with van der Waals surface area (Å²) in [6, 6.07) is 14.4. The Morgan fingerprint density at radius 2 is 2.00 bits per heavy atom. The number of nitrogens with one attached hydrogen (secondary N) is 1. The molecule has 1 aromatic heterocycles. The molecule has 0 atom stereocenters. The first-order valence-corrected chi connectivity index (χ1v) is 8.89. The number of aromatic nitrogens is 2. The summed E-state index contributed by atoms with van der Waals surface area (Å²) >= 11 is 0. The van der Waals surface area contributed by atoms with Crippen LogP contribution in [-0.4, -0.2) is 28.9 Å². The fourth-order valence-electron chi connectivity index (χ4n) is 3.04. The molecule has 140 valence electrons. The highest BCUT2D eigenvalue weighted by Gasteiger charge is 2.20. The number of carbonyl (C=O) groups is 1. The second kappa shape index (κ2) is 7.45. The molecule has 2 heterocycles. The molecule has 4 rings (SSSR count). The zero-order valence-corrected chi connectivity index (χ0v) is 15.3. The van der Waals surface area contributed by atoms with E-state index in [1.165, 1.54) is 0 Å². The number of nitrogens with zero attached hydrogens (tertiary/aromatic N) is 3. The van der Waals surface area contributed by atoms with Gasteiger partial charge in [0.25, 0.3) is 5.91 Å². The smallest absolute Gasteiger partial charge is 0.259 e. The van der Waals surface area contributed by atoms with Crippen molar-refractivity contribution in [3.63, 3.8) is 0 Å². The van der Waals surface area contributed by atoms with Gasteiger partial charge in [-0.3, -0.25) is 9.48 Å². The minimum atomic E-state index is -0.301. The minimum Gasteiger partial charge on any atom is -0.490 e. The van der Waals surface area contributed by atoms with E-state index in [0.29, 0.717) is 47.2 Å². The van der Waals surface area contributed by atoms with E-state index in [-0.39, 0.29) is 5.91 Å². The summed E-state index contributed by atoms with van der Waals surface area (Å²) in [4.78, 5) is 12.9. The zero-order valence-electron chi connectivity index (χ0n) is 15.3. The highest BCUT2D eigenvalue weighted by atomic mass is 16.5. The fourth-order valence-corrected chi connectivity index (χ4v) is 3.04. The van der Waals surface area contributed by atoms with Crippen molar-refractivity contribution in [2.45, 2.75) is 6.42 Å². The van der Waals surface area contributed by atoms with Crippen LogP contribution in [0.25, 0.3) is 11.3 Å². The highest BCUT2D eigenvalue weighted by molar-refractivity contribution is 6.08. The summed E-state index contributed by atoms with van der Waals surface area (Å²) in [5.74, 6) is 1.04. The molecular formula is C21H18N4O3. The summed E-state index contributed by atoms with van der Waals surface area (Å²) in [7, 11) is 1.76. The molecule has 3 aromatic rings. The van der Waals surface area contributed by atoms with Gasteiger partial charge in [0.15, 0.2) is 11.5 Å². The number of ether oxygens (including phenoxy) is 2. The third kappa shape index (κ3) is 3.53. The molecule has 0 spiro atoms. The summed E-state index contributed by atoms with van der Waals surface area (Å²) in [6.07, 6.45) is 2.49. The van der Waals surface area contributed by atoms with E-state index in [2.05, 4.69) is 16.5 Å². The maximum Gasteiger partial charge on any atom is 0.259 e. The van der Waals surface area contributed by atoms with Crippen molar-refractivity contribution >= 4 is 11.6 Å². The summed E-state index contributed by atoms with van der Waals surface area (Å²) in [5.41, 5.74) is 2.77. The second-order valence-electron chi connectivity index (χ2n) is 6.42. The molecule has 1 aliphatic rings. The predicted molar refractivity (Wildman–Crippen MR) is 103 cm³/mol. The lowest BCUT2D eigenvalue weighted by atomic mass is 10.1. The standard InChI is InChI=1S/C21H18N4O3/c1-25-13-17(21(26)23-16-5-2-4-14(10-16)12-22)20(24-25)15-6-7-18-19(11-15)28-9-3-8-27-18/h2,4-7,10-11,13H,3,8-9H2,1H3,(H,23,26). The number of carbonyl (C=O) groups excluding carboxylic acids is 1. The Morgan fingerprint density at radius 1 is 1.18 bits per heavy atom. The number of hydrogen-bond acceptors (Lipinski definition) is 5. The van der Waals surface area contributed by atoms with Gasteiger partial charge in [-0.25, -0.2) is 0 Å². The highest BCUT2D eigenvalue weighted by Crippen LogP contribution is 2.35. The molecule has 0 unspecified atom stereocenters. The van der Waals surface area contributed by atoms with Crippen molar-refractivity contribution in [3.8, 4) is 28.8 Å². The quantitative estimate of drug-likeness (QED) is 0.759. The van der Waals surface area contributed by atoms with Crippen molar-refractivity contribution < 1.29 is 14.3 Å². The summed E-state index contributed by atoms with van der Waals surface area (Å²) in [6.45, 7) is 1.20. The number of amides is 1. The molecule has 2 aromatic carbocycles. The van der Waals surface area contributed by atoms with Gasteiger partial charge in [0.1, 0.15) is 5.69 Å². The van der Waals surface area contributed by atoms with Crippen LogP contribution < -0.4 is 14.8 Å². The van der Waals surface area contributed by atoms with Crippen LogP contribution in [0.1, 0.15) is 22.3 Å². The van der Waals surface area contributed by atoms with E-state index in [0.717, 1.165) is 12.0 Å². The molecule has 0 bridgehead atoms. The lowest BCUT2D eigenvalue weighted by Gasteiger charge is -2.09. The van der Waals surface area contributed by atoms with Gasteiger partial charge in [-0.1, -0.05) is 6.07 Å². The van der Waals surface area contributed by atoms with Crippen LogP contribution in [0.4, 0.5) is 5.69 Å². The minimum absolute atomic E-state index is 0.301. The van der Waals surface area contributed by atoms with Gasteiger partial charge in [0, 0.05) is 30.9 Å². The van der Waals surface area contributed by atoms with E-state index >= 15 is 0 Å². The van der Waals surface area contributed by atoms with Crippen molar-refractivity contribution in [2.75, 3.05) is 18.5 Å². The van der Waals surface area contributed by atoms with Crippen LogP contribution in [0, 0.1) is 11.3 Å². The molecule has 7 heteroatoms. The van der Waals surface area contributed by atoms with Gasteiger partial charge in [-0.05, 0) is 36.4 Å². The van der Waals surface area contributed by atoms with E-state index in [1.54, 1.807) is 42.2 Å². The van der Waals surface area contributed by atoms with Crippen LogP contribution in [0.5, 0.6) is 11.5 Å². The first-order valence-electron chi connectivity index (χ1n) is 8.89. The van der Waals surface area contributed by atoms with Gasteiger partial charge in [-0.2, -0.15) is 10.4 Å². The van der Waals surface area contributed by atoms with Crippen molar-refractivity contribution in [1.29, 1.82) is 5.26 Å². The van der Waals surface area contributed by atoms with Gasteiger partial charge < -0.3 is 14.8 Å². The van der Waals surface area contributed by atoms with E-state index in [9.17, 15) is 4.79 Å². The molecule has 0 saturated heterocycles. The molecule has 1 N–H and O–H groups in total. The Balaban J connectivity index is 1.66.